The third-order valence-corrected chi connectivity index (χ3v) is 4.21. The summed E-state index contributed by atoms with van der Waals surface area (Å²) < 4.78 is 24.3. The van der Waals surface area contributed by atoms with Gasteiger partial charge < -0.3 is 19.8 Å². The van der Waals surface area contributed by atoms with E-state index in [4.69, 9.17) is 9.47 Å². The minimum Gasteiger partial charge on any atom is -0.493 e. The fourth-order valence-corrected chi connectivity index (χ4v) is 2.78. The molecule has 0 aliphatic heterocycles. The number of hydrogen-bond acceptors (Lipinski definition) is 5. The van der Waals surface area contributed by atoms with Gasteiger partial charge in [-0.25, -0.2) is 9.37 Å². The molecule has 0 saturated carbocycles. The highest BCUT2D eigenvalue weighted by atomic mass is 19.1. The molecule has 0 fully saturated rings. The maximum absolute atomic E-state index is 13.9. The Labute approximate surface area is 150 Å². The molecule has 6 nitrogen and oxygen atoms in total. The first kappa shape index (κ1) is 17.9. The van der Waals surface area contributed by atoms with Crippen molar-refractivity contribution < 1.29 is 13.9 Å². The number of aromatic amines is 1. The van der Waals surface area contributed by atoms with Crippen LogP contribution in [0.3, 0.4) is 0 Å². The van der Waals surface area contributed by atoms with Gasteiger partial charge in [0.1, 0.15) is 11.6 Å². The zero-order valence-corrected chi connectivity index (χ0v) is 14.8. The van der Waals surface area contributed by atoms with E-state index in [9.17, 15) is 9.18 Å². The molecule has 0 saturated heterocycles. The fourth-order valence-electron chi connectivity index (χ4n) is 2.78. The summed E-state index contributed by atoms with van der Waals surface area (Å²) in [6.07, 6.45) is 0. The quantitative estimate of drug-likeness (QED) is 0.709. The highest BCUT2D eigenvalue weighted by Gasteiger charge is 2.13. The molecule has 1 aromatic heterocycles. The van der Waals surface area contributed by atoms with Gasteiger partial charge in [-0.2, -0.15) is 0 Å². The lowest BCUT2D eigenvalue weighted by Gasteiger charge is -2.15. The van der Waals surface area contributed by atoms with Crippen LogP contribution >= 0.6 is 0 Å². The average molecular weight is 357 g/mol. The van der Waals surface area contributed by atoms with Gasteiger partial charge in [-0.1, -0.05) is 18.2 Å². The van der Waals surface area contributed by atoms with Crippen molar-refractivity contribution in [3.05, 3.63) is 64.0 Å². The number of benzene rings is 2. The van der Waals surface area contributed by atoms with Crippen molar-refractivity contribution in [2.75, 3.05) is 14.2 Å². The molecule has 1 unspecified atom stereocenters. The fraction of sp³-hybridized carbons (Fsp3) is 0.263. The third-order valence-electron chi connectivity index (χ3n) is 4.21. The molecule has 0 radical (unpaired) electrons. The lowest BCUT2D eigenvalue weighted by Crippen LogP contribution is -2.23. The predicted octanol–water partition coefficient (Wildman–Crippen LogP) is 2.93. The molecule has 136 valence electrons. The Morgan fingerprint density at radius 2 is 1.88 bits per heavy atom. The number of H-pyrrole nitrogens is 1. The molecule has 3 aromatic rings. The van der Waals surface area contributed by atoms with Crippen molar-refractivity contribution in [2.24, 2.45) is 0 Å². The van der Waals surface area contributed by atoms with Crippen LogP contribution < -0.4 is 20.3 Å². The SMILES string of the molecule is COc1cc2nc(CNC(C)c3ccccc3F)[nH]c(=O)c2cc1OC. The highest BCUT2D eigenvalue weighted by Crippen LogP contribution is 2.29. The second kappa shape index (κ2) is 7.53. The molecule has 0 aliphatic rings. The van der Waals surface area contributed by atoms with Crippen molar-refractivity contribution in [1.82, 2.24) is 15.3 Å². The molecular formula is C19H20FN3O3. The smallest absolute Gasteiger partial charge is 0.258 e. The normalized spacial score (nSPS) is 12.2. The van der Waals surface area contributed by atoms with E-state index < -0.39 is 0 Å². The zero-order valence-electron chi connectivity index (χ0n) is 14.8. The maximum Gasteiger partial charge on any atom is 0.258 e. The van der Waals surface area contributed by atoms with Gasteiger partial charge >= 0.3 is 0 Å². The van der Waals surface area contributed by atoms with E-state index in [2.05, 4.69) is 15.3 Å². The van der Waals surface area contributed by atoms with Gasteiger partial charge in [0.15, 0.2) is 11.5 Å². The molecule has 2 N–H and O–H groups in total. The third kappa shape index (κ3) is 3.52. The van der Waals surface area contributed by atoms with Gasteiger partial charge in [0, 0.05) is 17.7 Å². The molecule has 2 aromatic carbocycles. The minimum atomic E-state index is -0.274. The van der Waals surface area contributed by atoms with E-state index in [0.29, 0.717) is 33.8 Å². The molecule has 0 bridgehead atoms. The van der Waals surface area contributed by atoms with Crippen molar-refractivity contribution in [2.45, 2.75) is 19.5 Å². The zero-order chi connectivity index (χ0) is 18.7. The van der Waals surface area contributed by atoms with E-state index >= 15 is 0 Å². The Balaban J connectivity index is 1.87. The summed E-state index contributed by atoms with van der Waals surface area (Å²) in [6.45, 7) is 2.14. The van der Waals surface area contributed by atoms with Crippen LogP contribution in [0, 0.1) is 5.82 Å². The van der Waals surface area contributed by atoms with Crippen molar-refractivity contribution in [3.8, 4) is 11.5 Å². The van der Waals surface area contributed by atoms with Crippen LogP contribution in [0.1, 0.15) is 24.4 Å². The van der Waals surface area contributed by atoms with Crippen LogP contribution in [0.5, 0.6) is 11.5 Å². The monoisotopic (exact) mass is 357 g/mol. The molecule has 1 heterocycles. The van der Waals surface area contributed by atoms with Crippen LogP contribution in [-0.2, 0) is 6.54 Å². The molecule has 3 rings (SSSR count). The first-order chi connectivity index (χ1) is 12.5. The Bertz CT molecular complexity index is 987. The summed E-state index contributed by atoms with van der Waals surface area (Å²) in [7, 11) is 3.03. The largest absolute Gasteiger partial charge is 0.493 e. The van der Waals surface area contributed by atoms with Crippen LogP contribution in [0.2, 0.25) is 0 Å². The number of nitrogens with zero attached hydrogens (tertiary/aromatic N) is 1. The van der Waals surface area contributed by atoms with Crippen molar-refractivity contribution >= 4 is 10.9 Å². The summed E-state index contributed by atoms with van der Waals surface area (Å²) in [5, 5.41) is 3.58. The average Bonchev–Trinajstić information content (AvgIpc) is 2.65. The highest BCUT2D eigenvalue weighted by molar-refractivity contribution is 5.81. The van der Waals surface area contributed by atoms with Gasteiger partial charge in [0.05, 0.1) is 31.7 Å². The Hall–Kier alpha value is -2.93. The second-order valence-electron chi connectivity index (χ2n) is 5.86. The summed E-state index contributed by atoms with van der Waals surface area (Å²) in [5.74, 6) is 1.14. The lowest BCUT2D eigenvalue weighted by molar-refractivity contribution is 0.355. The Kier molecular flexibility index (Phi) is 5.18. The van der Waals surface area contributed by atoms with E-state index in [0.717, 1.165) is 0 Å². The topological polar surface area (TPSA) is 76.2 Å². The number of hydrogen-bond donors (Lipinski definition) is 2. The molecular weight excluding hydrogens is 337 g/mol. The Morgan fingerprint density at radius 3 is 2.58 bits per heavy atom. The Morgan fingerprint density at radius 1 is 1.19 bits per heavy atom. The van der Waals surface area contributed by atoms with Gasteiger partial charge in [-0.05, 0) is 19.1 Å². The number of halogens is 1. The second-order valence-corrected chi connectivity index (χ2v) is 5.86. The molecule has 0 spiro atoms. The van der Waals surface area contributed by atoms with Crippen LogP contribution in [0.15, 0.2) is 41.2 Å². The number of fused-ring (bicyclic) bond motifs is 1. The number of aromatic nitrogens is 2. The first-order valence-electron chi connectivity index (χ1n) is 8.16. The van der Waals surface area contributed by atoms with Crippen LogP contribution in [-0.4, -0.2) is 24.2 Å². The van der Waals surface area contributed by atoms with E-state index in [1.165, 1.54) is 20.3 Å². The maximum atomic E-state index is 13.9. The minimum absolute atomic E-state index is 0.234. The lowest BCUT2D eigenvalue weighted by atomic mass is 10.1. The van der Waals surface area contributed by atoms with Crippen molar-refractivity contribution in [1.29, 1.82) is 0 Å². The number of nitrogens with one attached hydrogen (secondary N) is 2. The summed E-state index contributed by atoms with van der Waals surface area (Å²) in [4.78, 5) is 19.6. The summed E-state index contributed by atoms with van der Waals surface area (Å²) in [5.41, 5.74) is 0.787. The van der Waals surface area contributed by atoms with E-state index in [1.54, 1.807) is 30.3 Å². The predicted molar refractivity (Wildman–Crippen MR) is 97.1 cm³/mol. The van der Waals surface area contributed by atoms with Crippen molar-refractivity contribution in [3.63, 3.8) is 0 Å². The van der Waals surface area contributed by atoms with Gasteiger partial charge in [-0.3, -0.25) is 4.79 Å². The van der Waals surface area contributed by atoms with Crippen LogP contribution in [0.4, 0.5) is 4.39 Å². The van der Waals surface area contributed by atoms with Crippen LogP contribution in [0.25, 0.3) is 10.9 Å². The van der Waals surface area contributed by atoms with Gasteiger partial charge in [0.2, 0.25) is 0 Å². The molecule has 1 atom stereocenters. The number of rotatable bonds is 6. The molecule has 26 heavy (non-hydrogen) atoms. The number of ether oxygens (including phenoxy) is 2. The summed E-state index contributed by atoms with van der Waals surface area (Å²) >= 11 is 0. The number of methoxy groups -OCH3 is 2. The van der Waals surface area contributed by atoms with Gasteiger partial charge in [0.25, 0.3) is 5.56 Å². The standard InChI is InChI=1S/C19H20FN3O3/c1-11(12-6-4-5-7-14(12)20)21-10-18-22-15-9-17(26-3)16(25-2)8-13(15)19(24)23-18/h4-9,11,21H,10H2,1-3H3,(H,22,23,24). The van der Waals surface area contributed by atoms with Gasteiger partial charge in [-0.15, -0.1) is 0 Å². The molecule has 7 heteroatoms. The van der Waals surface area contributed by atoms with E-state index in [1.807, 2.05) is 6.92 Å². The summed E-state index contributed by atoms with van der Waals surface area (Å²) in [6, 6.07) is 9.60. The molecule has 0 aliphatic carbocycles. The molecule has 0 amide bonds. The van der Waals surface area contributed by atoms with E-state index in [-0.39, 0.29) is 24.0 Å². The first-order valence-corrected chi connectivity index (χ1v) is 8.16.